The molecule has 71 heavy (non-hydrogen) atoms. The predicted molar refractivity (Wildman–Crippen MR) is 302 cm³/mol. The van der Waals surface area contributed by atoms with Crippen molar-refractivity contribution in [1.29, 1.82) is 0 Å². The second-order valence-electron chi connectivity index (χ2n) is 19.9. The molecule has 0 rings (SSSR count). The fourth-order valence-corrected chi connectivity index (χ4v) is 8.20. The first-order valence-electron chi connectivity index (χ1n) is 28.5. The Labute approximate surface area is 436 Å². The smallest absolute Gasteiger partial charge is 0.462 e. The van der Waals surface area contributed by atoms with E-state index in [0.717, 1.165) is 109 Å². The number of unbranched alkanes of at least 4 members (excludes halogenated alkanes) is 21. The number of ether oxygens (including phenoxy) is 2. The Morgan fingerprint density at radius 1 is 0.451 bits per heavy atom. The third-order valence-electron chi connectivity index (χ3n) is 11.8. The number of nitrogens with zero attached hydrogens (tertiary/aromatic N) is 1. The maximum atomic E-state index is 12.8. The van der Waals surface area contributed by atoms with Crippen LogP contribution >= 0.6 is 7.82 Å². The Bertz CT molecular complexity index is 1520. The van der Waals surface area contributed by atoms with E-state index in [2.05, 4.69) is 111 Å². The van der Waals surface area contributed by atoms with Crippen LogP contribution in [0.4, 0.5) is 0 Å². The Balaban J connectivity index is 4.20. The summed E-state index contributed by atoms with van der Waals surface area (Å²) in [5.74, 6) is -0.817. The minimum Gasteiger partial charge on any atom is -0.462 e. The molecule has 0 amide bonds. The SMILES string of the molecule is CC/C=C\C/C=C\C/C=C\C/C=C\C/C=C\C/C=C\C/C=C\CCCCCCCCCCCC(=O)OC(COC(=O)CCCCCCC/C=C\CCCCCCCCC)COP(=O)(O)OCC[N+](C)(C)C. The Morgan fingerprint density at radius 3 is 1.21 bits per heavy atom. The zero-order valence-electron chi connectivity index (χ0n) is 46.2. The summed E-state index contributed by atoms with van der Waals surface area (Å²) in [5, 5.41) is 0. The zero-order chi connectivity index (χ0) is 52.0. The molecule has 0 aromatic heterocycles. The van der Waals surface area contributed by atoms with Gasteiger partial charge in [-0.2, -0.15) is 0 Å². The van der Waals surface area contributed by atoms with E-state index >= 15 is 0 Å². The van der Waals surface area contributed by atoms with Crippen LogP contribution in [0.1, 0.15) is 226 Å². The molecule has 0 aromatic carbocycles. The monoisotopic (exact) mass is 1010 g/mol. The summed E-state index contributed by atoms with van der Waals surface area (Å²) >= 11 is 0. The molecular formula is C61H107NO8P+. The highest BCUT2D eigenvalue weighted by atomic mass is 31.2. The van der Waals surface area contributed by atoms with Gasteiger partial charge in [0.25, 0.3) is 0 Å². The van der Waals surface area contributed by atoms with E-state index in [1.807, 2.05) is 21.1 Å². The van der Waals surface area contributed by atoms with E-state index in [4.69, 9.17) is 18.5 Å². The maximum Gasteiger partial charge on any atom is 0.472 e. The summed E-state index contributed by atoms with van der Waals surface area (Å²) in [6.45, 7) is 4.30. The largest absolute Gasteiger partial charge is 0.472 e. The van der Waals surface area contributed by atoms with Crippen molar-refractivity contribution in [3.8, 4) is 0 Å². The van der Waals surface area contributed by atoms with Crippen molar-refractivity contribution in [3.05, 3.63) is 97.2 Å². The second kappa shape index (κ2) is 51.8. The number of phosphoric acid groups is 1. The molecule has 0 aliphatic heterocycles. The van der Waals surface area contributed by atoms with Crippen LogP contribution in [-0.4, -0.2) is 74.9 Å². The van der Waals surface area contributed by atoms with Gasteiger partial charge in [-0.1, -0.05) is 214 Å². The first-order valence-corrected chi connectivity index (χ1v) is 30.0. The lowest BCUT2D eigenvalue weighted by atomic mass is 10.1. The van der Waals surface area contributed by atoms with Gasteiger partial charge >= 0.3 is 19.8 Å². The van der Waals surface area contributed by atoms with Crippen LogP contribution in [0.2, 0.25) is 0 Å². The normalized spacial score (nSPS) is 14.1. The number of carbonyl (C=O) groups is 2. The summed E-state index contributed by atoms with van der Waals surface area (Å²) in [6, 6.07) is 0. The highest BCUT2D eigenvalue weighted by Crippen LogP contribution is 2.43. The van der Waals surface area contributed by atoms with E-state index in [1.165, 1.54) is 83.5 Å². The van der Waals surface area contributed by atoms with Crippen LogP contribution in [0.5, 0.6) is 0 Å². The standard InChI is InChI=1S/C61H106NO8P/c1-6-8-10-12-14-16-18-20-22-24-25-26-27-28-29-30-31-32-33-34-35-36-37-38-40-42-44-46-48-50-52-54-61(64)70-59(58-69-71(65,66)68-56-55-62(3,4)5)57-67-60(63)53-51-49-47-45-43-41-39-23-21-19-17-15-13-11-9-7-2/h8,10,14,16,20,22-23,25-26,28-29,31-32,34-35,39,59H,6-7,9,11-13,15,17-19,21,24,27,30,33,36-38,40-58H2,1-5H3/p+1/b10-8-,16-14-,22-20-,26-25-,29-28-,32-31-,35-34-,39-23-. The molecule has 9 nitrogen and oxygen atoms in total. The highest BCUT2D eigenvalue weighted by molar-refractivity contribution is 7.47. The molecule has 0 spiro atoms. The number of allylic oxidation sites excluding steroid dienone is 16. The molecular weight excluding hydrogens is 906 g/mol. The molecule has 10 heteroatoms. The van der Waals surface area contributed by atoms with E-state index in [0.29, 0.717) is 17.4 Å². The average molecular weight is 1010 g/mol. The number of hydrogen-bond donors (Lipinski definition) is 1. The van der Waals surface area contributed by atoms with Crippen LogP contribution in [0, 0.1) is 0 Å². The minimum atomic E-state index is -4.39. The van der Waals surface area contributed by atoms with E-state index < -0.39 is 26.5 Å². The van der Waals surface area contributed by atoms with Gasteiger partial charge in [-0.15, -0.1) is 0 Å². The topological polar surface area (TPSA) is 108 Å². The van der Waals surface area contributed by atoms with Crippen molar-refractivity contribution in [3.63, 3.8) is 0 Å². The third kappa shape index (κ3) is 56.1. The van der Waals surface area contributed by atoms with Crippen molar-refractivity contribution in [2.45, 2.75) is 232 Å². The highest BCUT2D eigenvalue weighted by Gasteiger charge is 2.27. The molecule has 0 saturated carbocycles. The van der Waals surface area contributed by atoms with E-state index in [1.54, 1.807) is 0 Å². The van der Waals surface area contributed by atoms with Crippen molar-refractivity contribution in [2.24, 2.45) is 0 Å². The van der Waals surface area contributed by atoms with Crippen molar-refractivity contribution in [2.75, 3.05) is 47.5 Å². The van der Waals surface area contributed by atoms with Crippen LogP contribution in [-0.2, 0) is 32.7 Å². The van der Waals surface area contributed by atoms with Gasteiger partial charge in [0.1, 0.15) is 19.8 Å². The number of carbonyl (C=O) groups excluding carboxylic acids is 2. The quantitative estimate of drug-likeness (QED) is 0.0211. The summed E-state index contributed by atoms with van der Waals surface area (Å²) < 4.78 is 34.5. The lowest BCUT2D eigenvalue weighted by Gasteiger charge is -2.24. The summed E-state index contributed by atoms with van der Waals surface area (Å²) in [5.41, 5.74) is 0. The van der Waals surface area contributed by atoms with Crippen LogP contribution < -0.4 is 0 Å². The van der Waals surface area contributed by atoms with Crippen molar-refractivity contribution >= 4 is 19.8 Å². The summed E-state index contributed by atoms with van der Waals surface area (Å²) in [7, 11) is 1.46. The number of likely N-dealkylation sites (N-methyl/N-ethyl adjacent to an activating group) is 1. The number of rotatable bonds is 51. The minimum absolute atomic E-state index is 0.0250. The fourth-order valence-electron chi connectivity index (χ4n) is 7.46. The van der Waals surface area contributed by atoms with E-state index in [-0.39, 0.29) is 32.0 Å². The Kier molecular flexibility index (Phi) is 49.6. The first kappa shape index (κ1) is 67.9. The molecule has 0 fully saturated rings. The summed E-state index contributed by atoms with van der Waals surface area (Å²) in [6.07, 6.45) is 70.4. The van der Waals surface area contributed by atoms with Gasteiger partial charge in [0.15, 0.2) is 6.10 Å². The predicted octanol–water partition coefficient (Wildman–Crippen LogP) is 17.6. The molecule has 0 aromatic rings. The molecule has 0 heterocycles. The van der Waals surface area contributed by atoms with Gasteiger partial charge in [-0.3, -0.25) is 18.6 Å². The van der Waals surface area contributed by atoms with Gasteiger partial charge in [-0.25, -0.2) is 4.57 Å². The van der Waals surface area contributed by atoms with Gasteiger partial charge < -0.3 is 18.9 Å². The molecule has 0 radical (unpaired) electrons. The first-order chi connectivity index (χ1) is 34.5. The second-order valence-corrected chi connectivity index (χ2v) is 21.4. The Morgan fingerprint density at radius 2 is 0.803 bits per heavy atom. The molecule has 0 bridgehead atoms. The molecule has 2 atom stereocenters. The lowest BCUT2D eigenvalue weighted by Crippen LogP contribution is -2.37. The number of phosphoric ester groups is 1. The molecule has 0 aliphatic rings. The molecule has 408 valence electrons. The third-order valence-corrected chi connectivity index (χ3v) is 12.8. The molecule has 1 N–H and O–H groups in total. The summed E-state index contributed by atoms with van der Waals surface area (Å²) in [4.78, 5) is 35.6. The zero-order valence-corrected chi connectivity index (χ0v) is 47.1. The molecule has 0 saturated heterocycles. The Hall–Kier alpha value is -3.07. The van der Waals surface area contributed by atoms with Gasteiger partial charge in [0, 0.05) is 12.8 Å². The molecule has 2 unspecified atom stereocenters. The average Bonchev–Trinajstić information content (AvgIpc) is 3.33. The van der Waals surface area contributed by atoms with Crippen molar-refractivity contribution < 1.29 is 42.1 Å². The van der Waals surface area contributed by atoms with Gasteiger partial charge in [0.2, 0.25) is 0 Å². The number of quaternary nitrogens is 1. The number of esters is 2. The van der Waals surface area contributed by atoms with Crippen LogP contribution in [0.15, 0.2) is 97.2 Å². The maximum absolute atomic E-state index is 12.8. The van der Waals surface area contributed by atoms with Crippen LogP contribution in [0.3, 0.4) is 0 Å². The van der Waals surface area contributed by atoms with Gasteiger partial charge in [0.05, 0.1) is 27.7 Å². The molecule has 0 aliphatic carbocycles. The van der Waals surface area contributed by atoms with E-state index in [9.17, 15) is 19.0 Å². The van der Waals surface area contributed by atoms with Crippen molar-refractivity contribution in [1.82, 2.24) is 0 Å². The van der Waals surface area contributed by atoms with Crippen LogP contribution in [0.25, 0.3) is 0 Å². The van der Waals surface area contributed by atoms with Gasteiger partial charge in [-0.05, 0) is 96.3 Å². The lowest BCUT2D eigenvalue weighted by molar-refractivity contribution is -0.870. The fraction of sp³-hybridized carbons (Fsp3) is 0.705. The number of hydrogen-bond acceptors (Lipinski definition) is 7.